The molecule has 0 radical (unpaired) electrons. The van der Waals surface area contributed by atoms with Gasteiger partial charge in [-0.15, -0.1) is 23.4 Å². The molecule has 0 saturated carbocycles. The number of rotatable bonds is 3. The second-order valence-corrected chi connectivity index (χ2v) is 4.87. The van der Waals surface area contributed by atoms with Crippen LogP contribution in [0.5, 0.6) is 5.75 Å². The molecular formula is C15H10F3N3O3. The minimum absolute atomic E-state index is 0.0156. The summed E-state index contributed by atoms with van der Waals surface area (Å²) < 4.78 is 45.6. The highest BCUT2D eigenvalue weighted by atomic mass is 19.4. The van der Waals surface area contributed by atoms with E-state index in [9.17, 15) is 18.0 Å². The van der Waals surface area contributed by atoms with Crippen molar-refractivity contribution in [3.05, 3.63) is 52.4 Å². The summed E-state index contributed by atoms with van der Waals surface area (Å²) in [6.45, 7) is 1.73. The van der Waals surface area contributed by atoms with Crippen LogP contribution in [0.4, 0.5) is 13.2 Å². The minimum Gasteiger partial charge on any atom is -0.416 e. The number of halogens is 3. The second-order valence-electron chi connectivity index (χ2n) is 4.87. The maximum atomic E-state index is 12.1. The lowest BCUT2D eigenvalue weighted by Gasteiger charge is -2.08. The molecule has 0 spiro atoms. The van der Waals surface area contributed by atoms with Crippen molar-refractivity contribution in [2.75, 3.05) is 0 Å². The number of nitrogens with one attached hydrogen (secondary N) is 1. The number of aromatic amines is 1. The molecule has 124 valence electrons. The fraction of sp³-hybridized carbons (Fsp3) is 0.133. The average molecular weight is 337 g/mol. The summed E-state index contributed by atoms with van der Waals surface area (Å²) in [6, 6.07) is 8.18. The third kappa shape index (κ3) is 3.45. The first-order valence-corrected chi connectivity index (χ1v) is 6.72. The van der Waals surface area contributed by atoms with Crippen LogP contribution in [0.25, 0.3) is 22.9 Å². The van der Waals surface area contributed by atoms with E-state index in [0.29, 0.717) is 11.3 Å². The summed E-state index contributed by atoms with van der Waals surface area (Å²) in [6.07, 6.45) is -4.76. The van der Waals surface area contributed by atoms with Crippen molar-refractivity contribution in [1.82, 2.24) is 15.2 Å². The van der Waals surface area contributed by atoms with Crippen LogP contribution in [0.3, 0.4) is 0 Å². The van der Waals surface area contributed by atoms with Gasteiger partial charge in [-0.05, 0) is 43.3 Å². The van der Waals surface area contributed by atoms with Gasteiger partial charge in [-0.1, -0.05) is 0 Å². The van der Waals surface area contributed by atoms with Crippen LogP contribution < -0.4 is 10.3 Å². The third-order valence-electron chi connectivity index (χ3n) is 3.05. The molecule has 0 saturated heterocycles. The zero-order chi connectivity index (χ0) is 17.3. The Morgan fingerprint density at radius 1 is 1.04 bits per heavy atom. The fourth-order valence-electron chi connectivity index (χ4n) is 1.99. The number of pyridine rings is 1. The van der Waals surface area contributed by atoms with Gasteiger partial charge < -0.3 is 14.1 Å². The summed E-state index contributed by atoms with van der Waals surface area (Å²) >= 11 is 0. The molecule has 9 heteroatoms. The van der Waals surface area contributed by atoms with E-state index in [1.165, 1.54) is 12.1 Å². The highest BCUT2D eigenvalue weighted by Gasteiger charge is 2.31. The SMILES string of the molecule is Cc1ccc(-c2nnc(-c3ccc(OC(F)(F)F)cc3)o2)c(=O)[nH]1. The molecule has 0 unspecified atom stereocenters. The first-order chi connectivity index (χ1) is 11.3. The van der Waals surface area contributed by atoms with Crippen LogP contribution >= 0.6 is 0 Å². The molecule has 2 heterocycles. The van der Waals surface area contributed by atoms with Gasteiger partial charge in [0.05, 0.1) is 0 Å². The Kier molecular flexibility index (Phi) is 3.84. The Bertz CT molecular complexity index is 914. The smallest absolute Gasteiger partial charge is 0.416 e. The number of nitrogens with zero attached hydrogens (tertiary/aromatic N) is 2. The molecule has 6 nitrogen and oxygen atoms in total. The van der Waals surface area contributed by atoms with Gasteiger partial charge in [0.25, 0.3) is 11.4 Å². The lowest BCUT2D eigenvalue weighted by atomic mass is 10.2. The molecule has 3 aromatic rings. The van der Waals surface area contributed by atoms with Crippen molar-refractivity contribution in [1.29, 1.82) is 0 Å². The molecule has 3 rings (SSSR count). The minimum atomic E-state index is -4.76. The van der Waals surface area contributed by atoms with E-state index in [1.54, 1.807) is 19.1 Å². The summed E-state index contributed by atoms with van der Waals surface area (Å²) in [7, 11) is 0. The van der Waals surface area contributed by atoms with E-state index in [0.717, 1.165) is 12.1 Å². The Hall–Kier alpha value is -3.10. The molecule has 0 aliphatic carbocycles. The number of benzene rings is 1. The molecule has 0 amide bonds. The molecule has 1 N–H and O–H groups in total. The van der Waals surface area contributed by atoms with Gasteiger partial charge >= 0.3 is 6.36 Å². The number of alkyl halides is 3. The summed E-state index contributed by atoms with van der Waals surface area (Å²) in [5.74, 6) is -0.272. The van der Waals surface area contributed by atoms with E-state index in [1.807, 2.05) is 0 Å². The molecule has 2 aromatic heterocycles. The second kappa shape index (κ2) is 5.84. The number of hydrogen-bond acceptors (Lipinski definition) is 5. The van der Waals surface area contributed by atoms with Gasteiger partial charge in [0.15, 0.2) is 0 Å². The maximum Gasteiger partial charge on any atom is 0.573 e. The number of hydrogen-bond donors (Lipinski definition) is 1. The quantitative estimate of drug-likeness (QED) is 0.793. The van der Waals surface area contributed by atoms with Crippen molar-refractivity contribution in [2.45, 2.75) is 13.3 Å². The summed E-state index contributed by atoms with van der Waals surface area (Å²) in [4.78, 5) is 14.5. The molecule has 24 heavy (non-hydrogen) atoms. The molecule has 1 aromatic carbocycles. The van der Waals surface area contributed by atoms with Gasteiger partial charge in [-0.2, -0.15) is 0 Å². The molecule has 0 aliphatic rings. The van der Waals surface area contributed by atoms with Crippen LogP contribution in [0.2, 0.25) is 0 Å². The Balaban J connectivity index is 1.87. The monoisotopic (exact) mass is 337 g/mol. The van der Waals surface area contributed by atoms with Crippen LogP contribution in [-0.4, -0.2) is 21.5 Å². The van der Waals surface area contributed by atoms with Crippen molar-refractivity contribution in [2.24, 2.45) is 0 Å². The Labute approximate surface area is 132 Å². The lowest BCUT2D eigenvalue weighted by Crippen LogP contribution is -2.16. The average Bonchev–Trinajstić information content (AvgIpc) is 2.96. The first-order valence-electron chi connectivity index (χ1n) is 6.72. The van der Waals surface area contributed by atoms with E-state index in [2.05, 4.69) is 19.9 Å². The molecule has 0 fully saturated rings. The predicted octanol–water partition coefficient (Wildman–Crippen LogP) is 3.30. The Morgan fingerprint density at radius 3 is 2.33 bits per heavy atom. The van der Waals surface area contributed by atoms with Crippen LogP contribution in [0, 0.1) is 6.92 Å². The van der Waals surface area contributed by atoms with Crippen LogP contribution in [0.15, 0.2) is 45.6 Å². The van der Waals surface area contributed by atoms with Gasteiger partial charge in [0.1, 0.15) is 11.3 Å². The number of H-pyrrole nitrogens is 1. The number of aryl methyl sites for hydroxylation is 1. The fourth-order valence-corrected chi connectivity index (χ4v) is 1.99. The predicted molar refractivity (Wildman–Crippen MR) is 77.2 cm³/mol. The zero-order valence-electron chi connectivity index (χ0n) is 12.2. The molecule has 0 aliphatic heterocycles. The largest absolute Gasteiger partial charge is 0.573 e. The number of aromatic nitrogens is 3. The van der Waals surface area contributed by atoms with Crippen molar-refractivity contribution in [3.8, 4) is 28.7 Å². The number of ether oxygens (including phenoxy) is 1. The van der Waals surface area contributed by atoms with Gasteiger partial charge in [-0.25, -0.2) is 0 Å². The summed E-state index contributed by atoms with van der Waals surface area (Å²) in [5.41, 5.74) is 0.908. The molecular weight excluding hydrogens is 327 g/mol. The van der Waals surface area contributed by atoms with E-state index < -0.39 is 6.36 Å². The van der Waals surface area contributed by atoms with E-state index in [-0.39, 0.29) is 28.7 Å². The lowest BCUT2D eigenvalue weighted by molar-refractivity contribution is -0.274. The third-order valence-corrected chi connectivity index (χ3v) is 3.05. The van der Waals surface area contributed by atoms with Gasteiger partial charge in [0.2, 0.25) is 5.89 Å². The first kappa shape index (κ1) is 15.8. The van der Waals surface area contributed by atoms with Gasteiger partial charge in [0, 0.05) is 11.3 Å². The van der Waals surface area contributed by atoms with Crippen molar-refractivity contribution in [3.63, 3.8) is 0 Å². The van der Waals surface area contributed by atoms with E-state index >= 15 is 0 Å². The molecule has 0 atom stereocenters. The van der Waals surface area contributed by atoms with Crippen molar-refractivity contribution < 1.29 is 22.3 Å². The standard InChI is InChI=1S/C15H10F3N3O3/c1-8-2-7-11(12(22)19-8)14-21-20-13(23-14)9-3-5-10(6-4-9)24-15(16,17)18/h2-7H,1H3,(H,19,22). The topological polar surface area (TPSA) is 81.0 Å². The van der Waals surface area contributed by atoms with Crippen molar-refractivity contribution >= 4 is 0 Å². The van der Waals surface area contributed by atoms with Crippen LogP contribution in [0.1, 0.15) is 5.69 Å². The Morgan fingerprint density at radius 2 is 1.71 bits per heavy atom. The maximum absolute atomic E-state index is 12.1. The highest BCUT2D eigenvalue weighted by Crippen LogP contribution is 2.27. The van der Waals surface area contributed by atoms with Gasteiger partial charge in [-0.3, -0.25) is 4.79 Å². The van der Waals surface area contributed by atoms with Crippen LogP contribution in [-0.2, 0) is 0 Å². The summed E-state index contributed by atoms with van der Waals surface area (Å²) in [5, 5.41) is 7.59. The normalized spacial score (nSPS) is 11.5. The molecule has 0 bridgehead atoms. The van der Waals surface area contributed by atoms with E-state index in [4.69, 9.17) is 4.42 Å². The highest BCUT2D eigenvalue weighted by molar-refractivity contribution is 5.58. The zero-order valence-corrected chi connectivity index (χ0v) is 12.2.